The Morgan fingerprint density at radius 1 is 1.08 bits per heavy atom. The topological polar surface area (TPSA) is 64.5 Å². The van der Waals surface area contributed by atoms with Crippen molar-refractivity contribution in [1.82, 2.24) is 9.97 Å². The molecule has 4 rings (SSSR count). The summed E-state index contributed by atoms with van der Waals surface area (Å²) in [5.41, 5.74) is 2.31. The zero-order valence-corrected chi connectivity index (χ0v) is 14.2. The van der Waals surface area contributed by atoms with E-state index in [9.17, 15) is 0 Å². The first-order valence-electron chi connectivity index (χ1n) is 8.17. The molecule has 25 heavy (non-hydrogen) atoms. The van der Waals surface area contributed by atoms with Crippen molar-refractivity contribution < 1.29 is 13.6 Å². The predicted octanol–water partition coefficient (Wildman–Crippen LogP) is 3.93. The smallest absolute Gasteiger partial charge is 0.196 e. The number of ether oxygens (including phenoxy) is 1. The third-order valence-corrected chi connectivity index (χ3v) is 4.15. The molecule has 6 nitrogen and oxygen atoms in total. The van der Waals surface area contributed by atoms with Crippen molar-refractivity contribution in [2.24, 2.45) is 0 Å². The van der Waals surface area contributed by atoms with E-state index in [1.54, 1.807) is 13.4 Å². The maximum absolute atomic E-state index is 6.05. The standard InChI is InChI=1S/C19H19N3O3/c1-13-7-8-14(24-13)11-22(9-10-23-2)19-18-17(20-12-21-19)15-5-3-4-6-16(15)25-18/h3-8,12H,9-11H2,1-2H3. The first-order chi connectivity index (χ1) is 12.3. The minimum atomic E-state index is 0.575. The number of methoxy groups -OCH3 is 1. The van der Waals surface area contributed by atoms with Crippen LogP contribution in [0.4, 0.5) is 5.82 Å². The highest BCUT2D eigenvalue weighted by molar-refractivity contribution is 6.05. The third kappa shape index (κ3) is 2.96. The van der Waals surface area contributed by atoms with E-state index >= 15 is 0 Å². The van der Waals surface area contributed by atoms with Gasteiger partial charge in [-0.25, -0.2) is 9.97 Å². The molecule has 128 valence electrons. The number of para-hydroxylation sites is 1. The van der Waals surface area contributed by atoms with Crippen LogP contribution in [0.2, 0.25) is 0 Å². The van der Waals surface area contributed by atoms with Crippen LogP contribution in [0, 0.1) is 6.92 Å². The van der Waals surface area contributed by atoms with Gasteiger partial charge in [0.25, 0.3) is 0 Å². The van der Waals surface area contributed by atoms with Gasteiger partial charge in [-0.05, 0) is 31.2 Å². The zero-order valence-electron chi connectivity index (χ0n) is 14.2. The van der Waals surface area contributed by atoms with Crippen molar-refractivity contribution in [2.45, 2.75) is 13.5 Å². The largest absolute Gasteiger partial charge is 0.464 e. The fraction of sp³-hybridized carbons (Fsp3) is 0.263. The first-order valence-corrected chi connectivity index (χ1v) is 8.17. The van der Waals surface area contributed by atoms with Gasteiger partial charge in [0.1, 0.15) is 28.9 Å². The Morgan fingerprint density at radius 2 is 1.96 bits per heavy atom. The molecular weight excluding hydrogens is 318 g/mol. The third-order valence-electron chi connectivity index (χ3n) is 4.15. The van der Waals surface area contributed by atoms with Gasteiger partial charge < -0.3 is 18.5 Å². The van der Waals surface area contributed by atoms with Crippen molar-refractivity contribution in [2.75, 3.05) is 25.2 Å². The molecule has 0 atom stereocenters. The van der Waals surface area contributed by atoms with Gasteiger partial charge in [-0.3, -0.25) is 0 Å². The van der Waals surface area contributed by atoms with E-state index in [0.717, 1.165) is 33.8 Å². The van der Waals surface area contributed by atoms with E-state index in [1.807, 2.05) is 43.3 Å². The number of nitrogens with zero attached hydrogens (tertiary/aromatic N) is 3. The Balaban J connectivity index is 1.79. The van der Waals surface area contributed by atoms with E-state index in [0.29, 0.717) is 25.3 Å². The molecule has 0 saturated heterocycles. The van der Waals surface area contributed by atoms with Crippen molar-refractivity contribution >= 4 is 27.9 Å². The summed E-state index contributed by atoms with van der Waals surface area (Å²) in [6, 6.07) is 11.8. The lowest BCUT2D eigenvalue weighted by molar-refractivity contribution is 0.204. The number of hydrogen-bond donors (Lipinski definition) is 0. The molecule has 3 heterocycles. The van der Waals surface area contributed by atoms with E-state index in [1.165, 1.54) is 0 Å². The number of furan rings is 2. The molecular formula is C19H19N3O3. The Labute approximate surface area is 145 Å². The summed E-state index contributed by atoms with van der Waals surface area (Å²) in [5.74, 6) is 2.50. The molecule has 0 saturated carbocycles. The van der Waals surface area contributed by atoms with Gasteiger partial charge in [-0.1, -0.05) is 12.1 Å². The number of hydrogen-bond acceptors (Lipinski definition) is 6. The summed E-state index contributed by atoms with van der Waals surface area (Å²) in [5, 5.41) is 0.988. The molecule has 0 N–H and O–H groups in total. The fourth-order valence-corrected chi connectivity index (χ4v) is 2.96. The van der Waals surface area contributed by atoms with Crippen LogP contribution in [-0.2, 0) is 11.3 Å². The second kappa shape index (κ2) is 6.57. The average Bonchev–Trinajstić information content (AvgIpc) is 3.21. The molecule has 0 aliphatic heterocycles. The summed E-state index contributed by atoms with van der Waals surface area (Å²) >= 11 is 0. The van der Waals surface area contributed by atoms with Crippen molar-refractivity contribution in [1.29, 1.82) is 0 Å². The normalized spacial score (nSPS) is 11.4. The monoisotopic (exact) mass is 337 g/mol. The van der Waals surface area contributed by atoms with Gasteiger partial charge in [0.2, 0.25) is 0 Å². The Hall–Kier alpha value is -2.86. The van der Waals surface area contributed by atoms with E-state index in [2.05, 4.69) is 14.9 Å². The summed E-state index contributed by atoms with van der Waals surface area (Å²) < 4.78 is 17.0. The van der Waals surface area contributed by atoms with Gasteiger partial charge >= 0.3 is 0 Å². The molecule has 0 fully saturated rings. The number of rotatable bonds is 6. The van der Waals surface area contributed by atoms with Crippen LogP contribution in [0.3, 0.4) is 0 Å². The molecule has 1 aromatic carbocycles. The number of anilines is 1. The Bertz CT molecular complexity index is 1010. The van der Waals surface area contributed by atoms with E-state index in [4.69, 9.17) is 13.6 Å². The molecule has 3 aromatic heterocycles. The summed E-state index contributed by atoms with van der Waals surface area (Å²) in [6.07, 6.45) is 1.58. The fourth-order valence-electron chi connectivity index (χ4n) is 2.96. The summed E-state index contributed by atoms with van der Waals surface area (Å²) in [7, 11) is 1.69. The molecule has 0 bridgehead atoms. The van der Waals surface area contributed by atoms with Gasteiger partial charge in [-0.2, -0.15) is 0 Å². The SMILES string of the molecule is COCCN(Cc1ccc(C)o1)c1ncnc2c1oc1ccccc12. The van der Waals surface area contributed by atoms with Crippen LogP contribution in [0.25, 0.3) is 22.1 Å². The van der Waals surface area contributed by atoms with Crippen molar-refractivity contribution in [3.05, 3.63) is 54.2 Å². The second-order valence-corrected chi connectivity index (χ2v) is 5.90. The molecule has 0 radical (unpaired) electrons. The number of fused-ring (bicyclic) bond motifs is 3. The second-order valence-electron chi connectivity index (χ2n) is 5.90. The molecule has 0 spiro atoms. The minimum absolute atomic E-state index is 0.575. The Morgan fingerprint density at radius 3 is 2.76 bits per heavy atom. The van der Waals surface area contributed by atoms with Gasteiger partial charge in [0, 0.05) is 19.0 Å². The maximum Gasteiger partial charge on any atom is 0.196 e. The van der Waals surface area contributed by atoms with Gasteiger partial charge in [0.05, 0.1) is 13.2 Å². The summed E-state index contributed by atoms with van der Waals surface area (Å²) in [4.78, 5) is 11.0. The van der Waals surface area contributed by atoms with Crippen LogP contribution >= 0.6 is 0 Å². The van der Waals surface area contributed by atoms with Gasteiger partial charge in [-0.15, -0.1) is 0 Å². The van der Waals surface area contributed by atoms with Crippen LogP contribution in [0.15, 0.2) is 51.6 Å². The van der Waals surface area contributed by atoms with E-state index in [-0.39, 0.29) is 0 Å². The number of benzene rings is 1. The van der Waals surface area contributed by atoms with Crippen molar-refractivity contribution in [3.63, 3.8) is 0 Å². The average molecular weight is 337 g/mol. The molecule has 0 aliphatic carbocycles. The highest BCUT2D eigenvalue weighted by atomic mass is 16.5. The van der Waals surface area contributed by atoms with Gasteiger partial charge in [0.15, 0.2) is 11.4 Å². The van der Waals surface area contributed by atoms with Crippen LogP contribution in [0.1, 0.15) is 11.5 Å². The predicted molar refractivity (Wildman–Crippen MR) is 95.7 cm³/mol. The molecule has 0 unspecified atom stereocenters. The number of aromatic nitrogens is 2. The first kappa shape index (κ1) is 15.7. The van der Waals surface area contributed by atoms with Crippen LogP contribution in [-0.4, -0.2) is 30.2 Å². The number of aryl methyl sites for hydroxylation is 1. The van der Waals surface area contributed by atoms with Crippen LogP contribution in [0.5, 0.6) is 0 Å². The minimum Gasteiger partial charge on any atom is -0.464 e. The Kier molecular flexibility index (Phi) is 4.11. The quantitative estimate of drug-likeness (QED) is 0.531. The van der Waals surface area contributed by atoms with E-state index < -0.39 is 0 Å². The summed E-state index contributed by atoms with van der Waals surface area (Å²) in [6.45, 7) is 3.76. The highest BCUT2D eigenvalue weighted by Crippen LogP contribution is 2.32. The van der Waals surface area contributed by atoms with Crippen molar-refractivity contribution in [3.8, 4) is 0 Å². The highest BCUT2D eigenvalue weighted by Gasteiger charge is 2.19. The lowest BCUT2D eigenvalue weighted by atomic mass is 10.2. The molecule has 0 amide bonds. The molecule has 4 aromatic rings. The molecule has 6 heteroatoms. The zero-order chi connectivity index (χ0) is 17.2. The lowest BCUT2D eigenvalue weighted by Gasteiger charge is -2.22. The molecule has 0 aliphatic rings. The maximum atomic E-state index is 6.05. The lowest BCUT2D eigenvalue weighted by Crippen LogP contribution is -2.27. The van der Waals surface area contributed by atoms with Crippen LogP contribution < -0.4 is 4.90 Å².